The van der Waals surface area contributed by atoms with Crippen LogP contribution in [0.5, 0.6) is 0 Å². The third-order valence-corrected chi connectivity index (χ3v) is 5.48. The number of rotatable bonds is 5. The van der Waals surface area contributed by atoms with Gasteiger partial charge < -0.3 is 16.0 Å². The van der Waals surface area contributed by atoms with Gasteiger partial charge >= 0.3 is 0 Å². The van der Waals surface area contributed by atoms with Gasteiger partial charge in [0.1, 0.15) is 5.82 Å². The van der Waals surface area contributed by atoms with Crippen molar-refractivity contribution in [3.05, 3.63) is 35.6 Å². The molecule has 2 amide bonds. The van der Waals surface area contributed by atoms with Crippen molar-refractivity contribution in [1.29, 1.82) is 0 Å². The van der Waals surface area contributed by atoms with Crippen LogP contribution in [0.25, 0.3) is 0 Å². The van der Waals surface area contributed by atoms with Crippen molar-refractivity contribution in [3.63, 3.8) is 0 Å². The van der Waals surface area contributed by atoms with Crippen LogP contribution in [0.4, 0.5) is 4.39 Å². The van der Waals surface area contributed by atoms with Crippen LogP contribution in [0.3, 0.4) is 0 Å². The second-order valence-corrected chi connectivity index (χ2v) is 7.48. The number of carbonyl (C=O) groups is 2. The summed E-state index contributed by atoms with van der Waals surface area (Å²) in [5.41, 5.74) is 5.98. The summed E-state index contributed by atoms with van der Waals surface area (Å²) in [4.78, 5) is 27.0. The fourth-order valence-electron chi connectivity index (χ4n) is 3.57. The van der Waals surface area contributed by atoms with E-state index in [1.54, 1.807) is 4.90 Å². The van der Waals surface area contributed by atoms with Crippen LogP contribution in [0.15, 0.2) is 24.3 Å². The van der Waals surface area contributed by atoms with E-state index in [1.165, 1.54) is 24.3 Å². The number of nitrogens with two attached hydrogens (primary N) is 1. The van der Waals surface area contributed by atoms with E-state index < -0.39 is 0 Å². The van der Waals surface area contributed by atoms with Crippen molar-refractivity contribution >= 4 is 11.8 Å². The van der Waals surface area contributed by atoms with E-state index in [4.69, 9.17) is 5.73 Å². The zero-order valence-corrected chi connectivity index (χ0v) is 14.6. The van der Waals surface area contributed by atoms with E-state index >= 15 is 0 Å². The van der Waals surface area contributed by atoms with Gasteiger partial charge in [-0.3, -0.25) is 9.59 Å². The average molecular weight is 347 g/mol. The molecule has 3 rings (SSSR count). The second-order valence-electron chi connectivity index (χ2n) is 7.48. The normalized spacial score (nSPS) is 23.0. The highest BCUT2D eigenvalue weighted by atomic mass is 19.1. The molecular weight excluding hydrogens is 321 g/mol. The lowest BCUT2D eigenvalue weighted by Gasteiger charge is -2.36. The lowest BCUT2D eigenvalue weighted by Crippen LogP contribution is -2.56. The lowest BCUT2D eigenvalue weighted by atomic mass is 9.91. The van der Waals surface area contributed by atoms with Crippen LogP contribution >= 0.6 is 0 Å². The molecule has 0 bridgehead atoms. The smallest absolute Gasteiger partial charge is 0.253 e. The Morgan fingerprint density at radius 2 is 1.96 bits per heavy atom. The van der Waals surface area contributed by atoms with Crippen molar-refractivity contribution < 1.29 is 14.0 Å². The first kappa shape index (κ1) is 17.9. The van der Waals surface area contributed by atoms with Gasteiger partial charge in [0.05, 0.1) is 11.5 Å². The number of nitrogens with one attached hydrogen (secondary N) is 1. The van der Waals surface area contributed by atoms with E-state index in [2.05, 4.69) is 5.32 Å². The van der Waals surface area contributed by atoms with Crippen molar-refractivity contribution in [3.8, 4) is 0 Å². The lowest BCUT2D eigenvalue weighted by molar-refractivity contribution is -0.128. The number of piperidine rings is 1. The highest BCUT2D eigenvalue weighted by molar-refractivity contribution is 5.94. The minimum atomic E-state index is -0.367. The maximum absolute atomic E-state index is 13.0. The summed E-state index contributed by atoms with van der Waals surface area (Å²) in [6.45, 7) is 3.45. The maximum Gasteiger partial charge on any atom is 0.253 e. The molecule has 2 unspecified atom stereocenters. The predicted octanol–water partition coefficient (Wildman–Crippen LogP) is 1.92. The molecule has 2 fully saturated rings. The molecule has 25 heavy (non-hydrogen) atoms. The first-order valence-electron chi connectivity index (χ1n) is 9.00. The monoisotopic (exact) mass is 347 g/mol. The molecule has 1 saturated heterocycles. The Balaban J connectivity index is 1.63. The van der Waals surface area contributed by atoms with Crippen molar-refractivity contribution in [2.24, 2.45) is 17.6 Å². The number of benzene rings is 1. The van der Waals surface area contributed by atoms with Gasteiger partial charge in [-0.25, -0.2) is 4.39 Å². The molecule has 1 aliphatic heterocycles. The summed E-state index contributed by atoms with van der Waals surface area (Å²) in [6, 6.07) is 5.53. The van der Waals surface area contributed by atoms with E-state index in [0.717, 1.165) is 25.7 Å². The first-order valence-corrected chi connectivity index (χ1v) is 9.00. The third-order valence-electron chi connectivity index (χ3n) is 5.48. The summed E-state index contributed by atoms with van der Waals surface area (Å²) in [5.74, 6) is -0.295. The molecule has 0 spiro atoms. The number of amides is 2. The van der Waals surface area contributed by atoms with Gasteiger partial charge in [-0.05, 0) is 62.8 Å². The van der Waals surface area contributed by atoms with Crippen molar-refractivity contribution in [1.82, 2.24) is 10.2 Å². The summed E-state index contributed by atoms with van der Waals surface area (Å²) < 4.78 is 13.0. The summed E-state index contributed by atoms with van der Waals surface area (Å²) in [5, 5.41) is 3.13. The van der Waals surface area contributed by atoms with E-state index in [0.29, 0.717) is 31.1 Å². The van der Waals surface area contributed by atoms with Crippen LogP contribution in [0.1, 0.15) is 43.0 Å². The third kappa shape index (κ3) is 4.00. The second kappa shape index (κ2) is 7.12. The highest BCUT2D eigenvalue weighted by Gasteiger charge is 2.42. The zero-order chi connectivity index (χ0) is 18.0. The largest absolute Gasteiger partial charge is 0.349 e. The number of halogens is 1. The maximum atomic E-state index is 13.0. The molecule has 136 valence electrons. The van der Waals surface area contributed by atoms with Gasteiger partial charge in [0, 0.05) is 25.2 Å². The molecule has 2 aliphatic rings. The Morgan fingerprint density at radius 1 is 1.28 bits per heavy atom. The minimum absolute atomic E-state index is 0.0172. The van der Waals surface area contributed by atoms with Crippen LogP contribution in [0, 0.1) is 17.7 Å². The molecule has 1 aromatic rings. The van der Waals surface area contributed by atoms with E-state index in [1.807, 2.05) is 6.92 Å². The van der Waals surface area contributed by atoms with Crippen molar-refractivity contribution in [2.75, 3.05) is 19.6 Å². The van der Waals surface area contributed by atoms with Crippen LogP contribution < -0.4 is 11.1 Å². The molecule has 6 heteroatoms. The average Bonchev–Trinajstić information content (AvgIpc) is 3.47. The SMILES string of the molecule is CC(CN)(NC(=O)C1CCCN(C(=O)c2ccc(F)cc2)C1)C1CC1. The topological polar surface area (TPSA) is 75.4 Å². The van der Waals surface area contributed by atoms with E-state index in [-0.39, 0.29) is 29.1 Å². The summed E-state index contributed by atoms with van der Waals surface area (Å²) in [6.07, 6.45) is 3.76. The molecule has 3 N–H and O–H groups in total. The Kier molecular flexibility index (Phi) is 5.08. The zero-order valence-electron chi connectivity index (χ0n) is 14.6. The molecule has 2 atom stereocenters. The quantitative estimate of drug-likeness (QED) is 0.854. The van der Waals surface area contributed by atoms with Gasteiger partial charge in [-0.15, -0.1) is 0 Å². The van der Waals surface area contributed by atoms with Gasteiger partial charge in [-0.2, -0.15) is 0 Å². The molecule has 0 radical (unpaired) electrons. The summed E-state index contributed by atoms with van der Waals surface area (Å²) in [7, 11) is 0. The molecule has 5 nitrogen and oxygen atoms in total. The number of carbonyl (C=O) groups excluding carboxylic acids is 2. The molecule has 1 aromatic carbocycles. The molecular formula is C19H26FN3O2. The molecule has 1 saturated carbocycles. The molecule has 1 aliphatic carbocycles. The van der Waals surface area contributed by atoms with Gasteiger partial charge in [-0.1, -0.05) is 0 Å². The van der Waals surface area contributed by atoms with Gasteiger partial charge in [0.15, 0.2) is 0 Å². The molecule has 1 heterocycles. The van der Waals surface area contributed by atoms with E-state index in [9.17, 15) is 14.0 Å². The number of hydrogen-bond acceptors (Lipinski definition) is 3. The summed E-state index contributed by atoms with van der Waals surface area (Å²) >= 11 is 0. The number of likely N-dealkylation sites (tertiary alicyclic amines) is 1. The van der Waals surface area contributed by atoms with Crippen LogP contribution in [-0.4, -0.2) is 41.9 Å². The minimum Gasteiger partial charge on any atom is -0.349 e. The Labute approximate surface area is 147 Å². The Morgan fingerprint density at radius 3 is 2.56 bits per heavy atom. The number of nitrogens with zero attached hydrogens (tertiary/aromatic N) is 1. The standard InChI is InChI=1S/C19H26FN3O2/c1-19(12-21,15-6-7-15)22-17(24)14-3-2-10-23(11-14)18(25)13-4-8-16(20)9-5-13/h4-5,8-9,14-15H,2-3,6-7,10-12,21H2,1H3,(H,22,24). The molecule has 0 aromatic heterocycles. The first-order chi connectivity index (χ1) is 11.9. The fourth-order valence-corrected chi connectivity index (χ4v) is 3.57. The van der Waals surface area contributed by atoms with Gasteiger partial charge in [0.2, 0.25) is 5.91 Å². The van der Waals surface area contributed by atoms with Crippen LogP contribution in [0.2, 0.25) is 0 Å². The Hall–Kier alpha value is -1.95. The number of hydrogen-bond donors (Lipinski definition) is 2. The van der Waals surface area contributed by atoms with Gasteiger partial charge in [0.25, 0.3) is 5.91 Å². The highest BCUT2D eigenvalue weighted by Crippen LogP contribution is 2.39. The fraction of sp³-hybridized carbons (Fsp3) is 0.579. The predicted molar refractivity (Wildman–Crippen MR) is 93.4 cm³/mol. The van der Waals surface area contributed by atoms with Crippen molar-refractivity contribution in [2.45, 2.75) is 38.1 Å². The Bertz CT molecular complexity index is 645. The van der Waals surface area contributed by atoms with Crippen LogP contribution in [-0.2, 0) is 4.79 Å².